The van der Waals surface area contributed by atoms with Crippen molar-refractivity contribution in [1.82, 2.24) is 0 Å². The maximum atomic E-state index is 12.7. The van der Waals surface area contributed by atoms with Crippen molar-refractivity contribution >= 4 is 0 Å². The maximum absolute atomic E-state index is 12.7. The van der Waals surface area contributed by atoms with E-state index in [1.54, 1.807) is 0 Å². The Morgan fingerprint density at radius 3 is 2.26 bits per heavy atom. The third kappa shape index (κ3) is 3.32. The first-order valence-electron chi connectivity index (χ1n) is 17.5. The van der Waals surface area contributed by atoms with Crippen LogP contribution in [0.25, 0.3) is 0 Å². The van der Waals surface area contributed by atoms with Crippen LogP contribution in [0.15, 0.2) is 0 Å². The summed E-state index contributed by atoms with van der Waals surface area (Å²) in [5, 5.41) is 43.4. The van der Waals surface area contributed by atoms with Crippen LogP contribution in [0.5, 0.6) is 0 Å². The predicted octanol–water partition coefficient (Wildman–Crippen LogP) is 4.01. The summed E-state index contributed by atoms with van der Waals surface area (Å²) in [7, 11) is 0. The lowest BCUT2D eigenvalue weighted by atomic mass is 9.41. The molecule has 43 heavy (non-hydrogen) atoms. The summed E-state index contributed by atoms with van der Waals surface area (Å²) in [6.45, 7) is 16.4. The lowest BCUT2D eigenvalue weighted by Gasteiger charge is -2.63. The van der Waals surface area contributed by atoms with Crippen LogP contribution in [-0.2, 0) is 18.9 Å². The van der Waals surface area contributed by atoms with Gasteiger partial charge in [0.2, 0.25) is 0 Å². The van der Waals surface area contributed by atoms with Gasteiger partial charge in [-0.2, -0.15) is 0 Å². The monoisotopic (exact) mass is 604 g/mol. The Kier molecular flexibility index (Phi) is 6.27. The second-order valence-corrected chi connectivity index (χ2v) is 17.9. The zero-order chi connectivity index (χ0) is 30.7. The first-order chi connectivity index (χ1) is 20.1. The van der Waals surface area contributed by atoms with E-state index in [1.807, 2.05) is 0 Å². The molecule has 3 aliphatic heterocycles. The molecule has 0 radical (unpaired) electrons. The van der Waals surface area contributed by atoms with Crippen molar-refractivity contribution in [2.24, 2.45) is 56.7 Å². The van der Waals surface area contributed by atoms with Crippen molar-refractivity contribution in [3.63, 3.8) is 0 Å². The number of hydrogen-bond donors (Lipinski definition) is 4. The largest absolute Gasteiger partial charge is 0.388 e. The normalized spacial score (nSPS) is 63.1. The van der Waals surface area contributed by atoms with Crippen molar-refractivity contribution in [1.29, 1.82) is 0 Å². The minimum Gasteiger partial charge on any atom is -0.388 e. The van der Waals surface area contributed by atoms with Crippen LogP contribution in [0.1, 0.15) is 99.8 Å². The molecule has 0 amide bonds. The van der Waals surface area contributed by atoms with Gasteiger partial charge in [-0.05, 0) is 96.7 Å². The van der Waals surface area contributed by atoms with Gasteiger partial charge in [0.05, 0.1) is 24.9 Å². The van der Waals surface area contributed by atoms with Gasteiger partial charge in [0.15, 0.2) is 12.1 Å². The Morgan fingerprint density at radius 1 is 0.837 bits per heavy atom. The highest BCUT2D eigenvalue weighted by Crippen LogP contribution is 2.90. The lowest BCUT2D eigenvalue weighted by Crippen LogP contribution is -2.61. The van der Waals surface area contributed by atoms with E-state index >= 15 is 0 Å². The summed E-state index contributed by atoms with van der Waals surface area (Å²) in [4.78, 5) is 0. The second kappa shape index (κ2) is 8.97. The van der Waals surface area contributed by atoms with Crippen LogP contribution < -0.4 is 0 Å². The van der Waals surface area contributed by atoms with Gasteiger partial charge >= 0.3 is 0 Å². The third-order valence-electron chi connectivity index (χ3n) is 15.9. The molecule has 244 valence electrons. The number of hydrogen-bond acceptors (Lipinski definition) is 8. The van der Waals surface area contributed by atoms with Gasteiger partial charge in [-0.1, -0.05) is 48.5 Å². The first kappa shape index (κ1) is 30.0. The molecule has 8 heteroatoms. The molecule has 4 N–H and O–H groups in total. The molecular weight excluding hydrogens is 548 g/mol. The highest BCUT2D eigenvalue weighted by atomic mass is 16.8. The quantitative estimate of drug-likeness (QED) is 0.357. The van der Waals surface area contributed by atoms with Crippen molar-refractivity contribution in [2.45, 2.75) is 155 Å². The van der Waals surface area contributed by atoms with E-state index in [1.165, 1.54) is 12.8 Å². The van der Waals surface area contributed by atoms with Crippen molar-refractivity contribution < 1.29 is 39.4 Å². The Hall–Kier alpha value is -0.320. The highest BCUT2D eigenvalue weighted by Gasteiger charge is 2.88. The Labute approximate surface area is 257 Å². The fourth-order valence-corrected chi connectivity index (χ4v) is 14.0. The summed E-state index contributed by atoms with van der Waals surface area (Å²) < 4.78 is 26.0. The van der Waals surface area contributed by atoms with Crippen LogP contribution >= 0.6 is 0 Å². The molecule has 2 bridgehead atoms. The number of fused-ring (bicyclic) bond motifs is 4. The molecule has 0 aromatic carbocycles. The second-order valence-electron chi connectivity index (χ2n) is 17.9. The lowest BCUT2D eigenvalue weighted by molar-refractivity contribution is -0.303. The Morgan fingerprint density at radius 2 is 1.53 bits per heavy atom. The molecule has 17 atom stereocenters. The van der Waals surface area contributed by atoms with Gasteiger partial charge in [0.1, 0.15) is 24.4 Å². The molecule has 3 heterocycles. The first-order valence-corrected chi connectivity index (χ1v) is 17.5. The summed E-state index contributed by atoms with van der Waals surface area (Å²) in [6.07, 6.45) is 3.50. The Bertz CT molecular complexity index is 1160. The van der Waals surface area contributed by atoms with Gasteiger partial charge in [0, 0.05) is 11.3 Å². The van der Waals surface area contributed by atoms with Gasteiger partial charge in [-0.3, -0.25) is 0 Å². The summed E-state index contributed by atoms with van der Waals surface area (Å²) in [5.41, 5.74) is -0.0119. The number of rotatable bonds is 3. The predicted molar refractivity (Wildman–Crippen MR) is 157 cm³/mol. The molecular formula is C35H56O8. The minimum absolute atomic E-state index is 0.0403. The van der Waals surface area contributed by atoms with Gasteiger partial charge < -0.3 is 39.4 Å². The third-order valence-corrected chi connectivity index (χ3v) is 15.9. The molecule has 5 saturated carbocycles. The van der Waals surface area contributed by atoms with E-state index in [0.29, 0.717) is 23.7 Å². The molecule has 8 nitrogen and oxygen atoms in total. The average Bonchev–Trinajstić information content (AvgIpc) is 3.46. The van der Waals surface area contributed by atoms with E-state index in [-0.39, 0.29) is 57.9 Å². The van der Waals surface area contributed by atoms with E-state index < -0.39 is 36.5 Å². The number of aliphatic hydroxyl groups is 4. The van der Waals surface area contributed by atoms with Gasteiger partial charge in [-0.15, -0.1) is 0 Å². The van der Waals surface area contributed by atoms with Crippen molar-refractivity contribution in [3.05, 3.63) is 0 Å². The molecule has 0 unspecified atom stereocenters. The van der Waals surface area contributed by atoms with Crippen LogP contribution in [0.2, 0.25) is 0 Å². The maximum Gasteiger partial charge on any atom is 0.199 e. The standard InChI is InChI=1S/C35H56O8/c1-17(2)26-20-14-18(3)27-31(6)12-13-34-16-33(34)11-10-23(41-28-25(38)24(37)19(36)15-40-28)30(4,5)21(33)8-9-22(34)32(31,7)29(39)35(27,42-20)43-26/h17-29,36-39H,8-16H2,1-7H3/t18-,19-,20-,21+,22+,23+,24+,25-,26+,27-,28+,29-,31-,32-,33-,34+,35+/m1/s1. The fourth-order valence-electron chi connectivity index (χ4n) is 14.0. The smallest absolute Gasteiger partial charge is 0.199 e. The zero-order valence-electron chi connectivity index (χ0n) is 27.3. The molecule has 0 aromatic rings. The van der Waals surface area contributed by atoms with Crippen LogP contribution in [0.3, 0.4) is 0 Å². The molecule has 3 saturated heterocycles. The summed E-state index contributed by atoms with van der Waals surface area (Å²) >= 11 is 0. The van der Waals surface area contributed by atoms with E-state index in [0.717, 1.165) is 38.5 Å². The van der Waals surface area contributed by atoms with Crippen molar-refractivity contribution in [3.8, 4) is 0 Å². The minimum atomic E-state index is -1.27. The number of ether oxygens (including phenoxy) is 4. The van der Waals surface area contributed by atoms with Crippen LogP contribution in [0.4, 0.5) is 0 Å². The SMILES string of the molecule is CC(C)[C@@H]1O[C@@]23O[C@@H]1C[C@@H](C)[C@@H]2[C@@]1(C)CC[C@@]24C[C@@]25CC[C@H](O[C@@H]2OC[C@@H](O)[C@H](O)[C@H]2O)C(C)(C)[C@@H]5CC[C@H]4[C@]1(C)[C@H]3O. The van der Waals surface area contributed by atoms with Crippen LogP contribution in [-0.4, -0.2) is 81.8 Å². The van der Waals surface area contributed by atoms with E-state index in [2.05, 4.69) is 48.5 Å². The topological polar surface area (TPSA) is 118 Å². The molecule has 0 aromatic heterocycles. The van der Waals surface area contributed by atoms with Crippen LogP contribution in [0, 0.1) is 56.7 Å². The van der Waals surface area contributed by atoms with Gasteiger partial charge in [-0.25, -0.2) is 0 Å². The molecule has 5 aliphatic carbocycles. The molecule has 8 aliphatic rings. The summed E-state index contributed by atoms with van der Waals surface area (Å²) in [6, 6.07) is 0. The molecule has 8 fully saturated rings. The number of aliphatic hydroxyl groups excluding tert-OH is 4. The van der Waals surface area contributed by atoms with E-state index in [4.69, 9.17) is 18.9 Å². The highest BCUT2D eigenvalue weighted by molar-refractivity contribution is 5.34. The van der Waals surface area contributed by atoms with Crippen molar-refractivity contribution in [2.75, 3.05) is 6.61 Å². The van der Waals surface area contributed by atoms with Gasteiger partial charge in [0.25, 0.3) is 0 Å². The molecule has 8 rings (SSSR count). The average molecular weight is 605 g/mol. The Balaban J connectivity index is 1.10. The zero-order valence-corrected chi connectivity index (χ0v) is 27.3. The summed E-state index contributed by atoms with van der Waals surface area (Å²) in [5.74, 6) is 1.01. The molecule has 3 spiro atoms. The van der Waals surface area contributed by atoms with E-state index in [9.17, 15) is 20.4 Å². The fraction of sp³-hybridized carbons (Fsp3) is 1.00.